The minimum atomic E-state index is 0.397. The maximum atomic E-state index is 5.97. The fraction of sp³-hybridized carbons (Fsp3) is 0.412. The molecule has 20 heavy (non-hydrogen) atoms. The van der Waals surface area contributed by atoms with Crippen molar-refractivity contribution in [3.63, 3.8) is 0 Å². The molecule has 2 unspecified atom stereocenters. The first kappa shape index (κ1) is 13.7. The molecule has 0 radical (unpaired) electrons. The van der Waals surface area contributed by atoms with E-state index in [9.17, 15) is 0 Å². The Morgan fingerprint density at radius 3 is 2.95 bits per heavy atom. The zero-order valence-electron chi connectivity index (χ0n) is 12.1. The van der Waals surface area contributed by atoms with E-state index in [1.807, 2.05) is 17.4 Å². The van der Waals surface area contributed by atoms with Crippen LogP contribution in [0.15, 0.2) is 35.7 Å². The van der Waals surface area contributed by atoms with E-state index in [1.54, 1.807) is 0 Å². The van der Waals surface area contributed by atoms with Crippen molar-refractivity contribution >= 4 is 11.3 Å². The molecule has 0 saturated carbocycles. The second kappa shape index (κ2) is 5.98. The quantitative estimate of drug-likeness (QED) is 0.919. The monoisotopic (exact) mass is 287 g/mol. The number of thiophene rings is 1. The van der Waals surface area contributed by atoms with Gasteiger partial charge in [0.2, 0.25) is 0 Å². The molecule has 1 aliphatic rings. The number of ether oxygens (including phenoxy) is 1. The molecule has 0 amide bonds. The van der Waals surface area contributed by atoms with E-state index in [-0.39, 0.29) is 0 Å². The van der Waals surface area contributed by atoms with Crippen molar-refractivity contribution in [3.05, 3.63) is 51.7 Å². The molecule has 1 aromatic carbocycles. The maximum Gasteiger partial charge on any atom is 0.122 e. The zero-order chi connectivity index (χ0) is 13.9. The number of para-hydroxylation sites is 1. The normalized spacial score (nSPS) is 19.2. The lowest BCUT2D eigenvalue weighted by Crippen LogP contribution is -2.35. The fourth-order valence-corrected chi connectivity index (χ4v) is 4.06. The number of hydrogen-bond acceptors (Lipinski definition) is 3. The van der Waals surface area contributed by atoms with E-state index in [4.69, 9.17) is 4.74 Å². The Bertz CT molecular complexity index is 578. The smallest absolute Gasteiger partial charge is 0.122 e. The summed E-state index contributed by atoms with van der Waals surface area (Å²) < 4.78 is 5.97. The number of nitrogens with one attached hydrogen (secondary N) is 1. The third-order valence-electron chi connectivity index (χ3n) is 3.99. The summed E-state index contributed by atoms with van der Waals surface area (Å²) in [7, 11) is 0. The molecule has 3 rings (SSSR count). The summed E-state index contributed by atoms with van der Waals surface area (Å²) in [4.78, 5) is 1.46. The predicted molar refractivity (Wildman–Crippen MR) is 84.6 cm³/mol. The Morgan fingerprint density at radius 1 is 1.35 bits per heavy atom. The van der Waals surface area contributed by atoms with Crippen LogP contribution in [0.5, 0.6) is 5.75 Å². The second-order valence-electron chi connectivity index (χ2n) is 5.39. The van der Waals surface area contributed by atoms with Crippen LogP contribution in [0, 0.1) is 12.8 Å². The van der Waals surface area contributed by atoms with Gasteiger partial charge in [0.15, 0.2) is 0 Å². The molecule has 1 aromatic heterocycles. The summed E-state index contributed by atoms with van der Waals surface area (Å²) in [5.74, 6) is 1.56. The highest BCUT2D eigenvalue weighted by Crippen LogP contribution is 2.36. The Balaban J connectivity index is 1.85. The molecule has 2 nitrogen and oxygen atoms in total. The van der Waals surface area contributed by atoms with Crippen LogP contribution in [0.4, 0.5) is 0 Å². The van der Waals surface area contributed by atoms with E-state index < -0.39 is 0 Å². The van der Waals surface area contributed by atoms with Crippen molar-refractivity contribution in [2.24, 2.45) is 5.92 Å². The minimum Gasteiger partial charge on any atom is -0.493 e. The molecule has 0 fully saturated rings. The largest absolute Gasteiger partial charge is 0.493 e. The topological polar surface area (TPSA) is 21.3 Å². The average molecular weight is 287 g/mol. The average Bonchev–Trinajstić information content (AvgIpc) is 2.90. The van der Waals surface area contributed by atoms with Crippen LogP contribution in [0.2, 0.25) is 0 Å². The van der Waals surface area contributed by atoms with Crippen LogP contribution >= 0.6 is 11.3 Å². The zero-order valence-corrected chi connectivity index (χ0v) is 12.9. The summed E-state index contributed by atoms with van der Waals surface area (Å²) in [6.45, 7) is 6.16. The van der Waals surface area contributed by atoms with Crippen LogP contribution in [-0.2, 0) is 6.42 Å². The van der Waals surface area contributed by atoms with Gasteiger partial charge in [-0.3, -0.25) is 0 Å². The van der Waals surface area contributed by atoms with Gasteiger partial charge in [0, 0.05) is 16.8 Å². The van der Waals surface area contributed by atoms with E-state index in [2.05, 4.69) is 48.8 Å². The molecule has 1 aliphatic heterocycles. The molecule has 2 atom stereocenters. The highest BCUT2D eigenvalue weighted by Gasteiger charge is 2.29. The van der Waals surface area contributed by atoms with Crippen molar-refractivity contribution in [2.45, 2.75) is 26.3 Å². The second-order valence-corrected chi connectivity index (χ2v) is 6.33. The summed E-state index contributed by atoms with van der Waals surface area (Å²) in [6, 6.07) is 11.0. The molecule has 3 heteroatoms. The molecule has 0 saturated heterocycles. The minimum absolute atomic E-state index is 0.397. The van der Waals surface area contributed by atoms with Crippen molar-refractivity contribution < 1.29 is 4.74 Å². The van der Waals surface area contributed by atoms with Crippen LogP contribution in [0.3, 0.4) is 0 Å². The van der Waals surface area contributed by atoms with E-state index in [0.717, 1.165) is 25.3 Å². The molecular formula is C17H21NOS. The highest BCUT2D eigenvalue weighted by molar-refractivity contribution is 7.10. The van der Waals surface area contributed by atoms with E-state index >= 15 is 0 Å². The summed E-state index contributed by atoms with van der Waals surface area (Å²) in [5, 5.41) is 5.84. The van der Waals surface area contributed by atoms with Gasteiger partial charge in [0.1, 0.15) is 5.75 Å². The molecule has 106 valence electrons. The van der Waals surface area contributed by atoms with Gasteiger partial charge in [0.25, 0.3) is 0 Å². The summed E-state index contributed by atoms with van der Waals surface area (Å²) >= 11 is 1.85. The molecule has 2 heterocycles. The molecule has 0 spiro atoms. The fourth-order valence-electron chi connectivity index (χ4n) is 2.96. The first-order chi connectivity index (χ1) is 9.79. The number of benzene rings is 1. The Kier molecular flexibility index (Phi) is 4.08. The SMILES string of the molecule is CCNC(c1sccc1C)C1COc2ccccc2C1. The van der Waals surface area contributed by atoms with Crippen LogP contribution in [-0.4, -0.2) is 13.2 Å². The van der Waals surface area contributed by atoms with E-state index in [1.165, 1.54) is 16.0 Å². The Hall–Kier alpha value is -1.32. The lowest BCUT2D eigenvalue weighted by molar-refractivity contribution is 0.186. The lowest BCUT2D eigenvalue weighted by atomic mass is 9.88. The van der Waals surface area contributed by atoms with Gasteiger partial charge in [-0.25, -0.2) is 0 Å². The highest BCUT2D eigenvalue weighted by atomic mass is 32.1. The van der Waals surface area contributed by atoms with Gasteiger partial charge < -0.3 is 10.1 Å². The van der Waals surface area contributed by atoms with E-state index in [0.29, 0.717) is 12.0 Å². The number of aryl methyl sites for hydroxylation is 1. The predicted octanol–water partition coefficient (Wildman–Crippen LogP) is 3.96. The number of rotatable bonds is 4. The summed E-state index contributed by atoms with van der Waals surface area (Å²) in [5.41, 5.74) is 2.72. The van der Waals surface area contributed by atoms with Crippen LogP contribution in [0.25, 0.3) is 0 Å². The molecule has 0 bridgehead atoms. The van der Waals surface area contributed by atoms with Gasteiger partial charge in [-0.15, -0.1) is 11.3 Å². The third-order valence-corrected chi connectivity index (χ3v) is 5.09. The van der Waals surface area contributed by atoms with Gasteiger partial charge in [-0.05, 0) is 48.5 Å². The van der Waals surface area contributed by atoms with Crippen LogP contribution < -0.4 is 10.1 Å². The number of fused-ring (bicyclic) bond motifs is 1. The van der Waals surface area contributed by atoms with Gasteiger partial charge in [-0.1, -0.05) is 25.1 Å². The lowest BCUT2D eigenvalue weighted by Gasteiger charge is -2.32. The first-order valence-electron chi connectivity index (χ1n) is 7.27. The van der Waals surface area contributed by atoms with Crippen molar-refractivity contribution in [1.82, 2.24) is 5.32 Å². The van der Waals surface area contributed by atoms with Gasteiger partial charge in [-0.2, -0.15) is 0 Å². The molecule has 0 aliphatic carbocycles. The molecule has 1 N–H and O–H groups in total. The Morgan fingerprint density at radius 2 is 2.20 bits per heavy atom. The maximum absolute atomic E-state index is 5.97. The standard InChI is InChI=1S/C17H21NOS/c1-3-18-16(17-12(2)8-9-20-17)14-10-13-6-4-5-7-15(13)19-11-14/h4-9,14,16,18H,3,10-11H2,1-2H3. The third kappa shape index (κ3) is 2.60. The molecular weight excluding hydrogens is 266 g/mol. The number of hydrogen-bond donors (Lipinski definition) is 1. The van der Waals surface area contributed by atoms with Crippen LogP contribution in [0.1, 0.15) is 29.0 Å². The van der Waals surface area contributed by atoms with Crippen molar-refractivity contribution in [3.8, 4) is 5.75 Å². The summed E-state index contributed by atoms with van der Waals surface area (Å²) in [6.07, 6.45) is 1.09. The first-order valence-corrected chi connectivity index (χ1v) is 8.15. The molecule has 2 aromatic rings. The Labute approximate surface area is 124 Å². The van der Waals surface area contributed by atoms with Gasteiger partial charge >= 0.3 is 0 Å². The van der Waals surface area contributed by atoms with Crippen molar-refractivity contribution in [2.75, 3.05) is 13.2 Å². The van der Waals surface area contributed by atoms with Gasteiger partial charge in [0.05, 0.1) is 6.61 Å². The van der Waals surface area contributed by atoms with Crippen molar-refractivity contribution in [1.29, 1.82) is 0 Å².